The summed E-state index contributed by atoms with van der Waals surface area (Å²) >= 11 is 0. The summed E-state index contributed by atoms with van der Waals surface area (Å²) in [5, 5.41) is 7.01. The van der Waals surface area contributed by atoms with Crippen molar-refractivity contribution >= 4 is 10.2 Å². The lowest BCUT2D eigenvalue weighted by Gasteiger charge is -2.25. The van der Waals surface area contributed by atoms with Crippen LogP contribution in [0.25, 0.3) is 11.3 Å². The van der Waals surface area contributed by atoms with Crippen molar-refractivity contribution in [3.8, 4) is 11.3 Å². The number of hydrogen-bond donors (Lipinski definition) is 1. The first-order valence-electron chi connectivity index (χ1n) is 7.29. The molecule has 0 amide bonds. The van der Waals surface area contributed by atoms with Crippen molar-refractivity contribution in [1.82, 2.24) is 18.8 Å². The van der Waals surface area contributed by atoms with Crippen LogP contribution in [-0.4, -0.2) is 47.4 Å². The molecular formula is C15H22N4O2S. The molecule has 120 valence electrons. The molecule has 0 fully saturated rings. The van der Waals surface area contributed by atoms with E-state index >= 15 is 0 Å². The van der Waals surface area contributed by atoms with E-state index in [2.05, 4.69) is 10.2 Å². The van der Waals surface area contributed by atoms with Crippen molar-refractivity contribution in [3.05, 3.63) is 42.1 Å². The zero-order valence-electron chi connectivity index (χ0n) is 13.2. The zero-order chi connectivity index (χ0) is 16.2. The number of hydrogen-bond acceptors (Lipinski definition) is 3. The van der Waals surface area contributed by atoms with Crippen LogP contribution in [0.3, 0.4) is 0 Å². The summed E-state index contributed by atoms with van der Waals surface area (Å²) in [6.45, 7) is 4.87. The van der Waals surface area contributed by atoms with Gasteiger partial charge in [0.15, 0.2) is 0 Å². The van der Waals surface area contributed by atoms with E-state index in [9.17, 15) is 8.42 Å². The highest BCUT2D eigenvalue weighted by Crippen LogP contribution is 2.22. The topological polar surface area (TPSA) is 69.3 Å². The standard InChI is InChI=1S/C15H22N4O2S/c1-4-19(5-2)22(20,21)18(3)12-14-11-16-17-15(14)13-9-7-6-8-10-13/h6-11H,4-5,12H2,1-3H3,(H,16,17). The summed E-state index contributed by atoms with van der Waals surface area (Å²) in [7, 11) is -1.86. The van der Waals surface area contributed by atoms with E-state index in [1.807, 2.05) is 44.2 Å². The minimum atomic E-state index is -3.45. The second kappa shape index (κ2) is 7.04. The molecule has 0 saturated heterocycles. The van der Waals surface area contributed by atoms with Crippen LogP contribution >= 0.6 is 0 Å². The van der Waals surface area contributed by atoms with Crippen LogP contribution in [0.2, 0.25) is 0 Å². The third-order valence-electron chi connectivity index (χ3n) is 3.60. The van der Waals surface area contributed by atoms with E-state index in [1.54, 1.807) is 13.2 Å². The molecule has 7 heteroatoms. The first kappa shape index (κ1) is 16.7. The third-order valence-corrected chi connectivity index (χ3v) is 5.68. The van der Waals surface area contributed by atoms with Crippen molar-refractivity contribution in [2.75, 3.05) is 20.1 Å². The van der Waals surface area contributed by atoms with Crippen molar-refractivity contribution in [3.63, 3.8) is 0 Å². The molecule has 1 aromatic heterocycles. The summed E-state index contributed by atoms with van der Waals surface area (Å²) in [6.07, 6.45) is 1.68. The van der Waals surface area contributed by atoms with Gasteiger partial charge in [0, 0.05) is 32.2 Å². The molecule has 6 nitrogen and oxygen atoms in total. The molecule has 1 N–H and O–H groups in total. The number of nitrogens with zero attached hydrogens (tertiary/aromatic N) is 3. The second-order valence-electron chi connectivity index (χ2n) is 4.98. The average molecular weight is 322 g/mol. The van der Waals surface area contributed by atoms with Gasteiger partial charge in [0.2, 0.25) is 0 Å². The molecule has 22 heavy (non-hydrogen) atoms. The van der Waals surface area contributed by atoms with E-state index in [0.717, 1.165) is 16.8 Å². The Hall–Kier alpha value is -1.70. The average Bonchev–Trinajstić information content (AvgIpc) is 2.97. The quantitative estimate of drug-likeness (QED) is 0.848. The summed E-state index contributed by atoms with van der Waals surface area (Å²) in [5.41, 5.74) is 2.69. The lowest BCUT2D eigenvalue weighted by atomic mass is 10.1. The molecule has 0 atom stereocenters. The highest BCUT2D eigenvalue weighted by molar-refractivity contribution is 7.86. The summed E-state index contributed by atoms with van der Waals surface area (Å²) in [5.74, 6) is 0. The molecule has 1 aromatic carbocycles. The minimum absolute atomic E-state index is 0.277. The fraction of sp³-hybridized carbons (Fsp3) is 0.400. The summed E-state index contributed by atoms with van der Waals surface area (Å²) in [6, 6.07) is 9.76. The van der Waals surface area contributed by atoms with E-state index < -0.39 is 10.2 Å². The monoisotopic (exact) mass is 322 g/mol. The number of H-pyrrole nitrogens is 1. The normalized spacial score (nSPS) is 12.2. The SMILES string of the molecule is CCN(CC)S(=O)(=O)N(C)Cc1cn[nH]c1-c1ccccc1. The maximum absolute atomic E-state index is 12.5. The van der Waals surface area contributed by atoms with Gasteiger partial charge in [-0.2, -0.15) is 22.1 Å². The fourth-order valence-corrected chi connectivity index (χ4v) is 3.70. The third kappa shape index (κ3) is 3.37. The lowest BCUT2D eigenvalue weighted by Crippen LogP contribution is -2.41. The van der Waals surface area contributed by atoms with Gasteiger partial charge < -0.3 is 0 Å². The Morgan fingerprint density at radius 3 is 2.36 bits per heavy atom. The number of nitrogens with one attached hydrogen (secondary N) is 1. The molecular weight excluding hydrogens is 300 g/mol. The van der Waals surface area contributed by atoms with Crippen LogP contribution in [0.1, 0.15) is 19.4 Å². The molecule has 0 bridgehead atoms. The first-order chi connectivity index (χ1) is 10.5. The molecule has 0 aliphatic heterocycles. The molecule has 0 aliphatic rings. The largest absolute Gasteiger partial charge is 0.282 e. The Kier molecular flexibility index (Phi) is 5.33. The first-order valence-corrected chi connectivity index (χ1v) is 8.69. The fourth-order valence-electron chi connectivity index (χ4n) is 2.35. The van der Waals surface area contributed by atoms with Gasteiger partial charge in [0.05, 0.1) is 11.9 Å². The van der Waals surface area contributed by atoms with Gasteiger partial charge >= 0.3 is 0 Å². The Bertz CT molecular complexity index is 693. The molecule has 2 aromatic rings. The number of rotatable bonds is 7. The van der Waals surface area contributed by atoms with E-state index in [-0.39, 0.29) is 6.54 Å². The van der Waals surface area contributed by atoms with Crippen molar-refractivity contribution in [1.29, 1.82) is 0 Å². The Labute approximate surface area is 131 Å². The summed E-state index contributed by atoms with van der Waals surface area (Å²) in [4.78, 5) is 0. The number of aromatic nitrogens is 2. The van der Waals surface area contributed by atoms with Crippen LogP contribution < -0.4 is 0 Å². The number of aromatic amines is 1. The van der Waals surface area contributed by atoms with E-state index in [1.165, 1.54) is 8.61 Å². The maximum Gasteiger partial charge on any atom is 0.282 e. The van der Waals surface area contributed by atoms with Crippen LogP contribution in [0.5, 0.6) is 0 Å². The van der Waals surface area contributed by atoms with Crippen LogP contribution in [0, 0.1) is 0 Å². The Morgan fingerprint density at radius 1 is 1.14 bits per heavy atom. The zero-order valence-corrected chi connectivity index (χ0v) is 14.0. The van der Waals surface area contributed by atoms with Gasteiger partial charge in [-0.25, -0.2) is 0 Å². The van der Waals surface area contributed by atoms with Crippen LogP contribution in [-0.2, 0) is 16.8 Å². The smallest absolute Gasteiger partial charge is 0.278 e. The minimum Gasteiger partial charge on any atom is -0.278 e. The van der Waals surface area contributed by atoms with Crippen LogP contribution in [0.15, 0.2) is 36.5 Å². The van der Waals surface area contributed by atoms with E-state index in [0.29, 0.717) is 13.1 Å². The van der Waals surface area contributed by atoms with Gasteiger partial charge in [-0.05, 0) is 5.56 Å². The lowest BCUT2D eigenvalue weighted by molar-refractivity contribution is 0.375. The Morgan fingerprint density at radius 2 is 1.77 bits per heavy atom. The molecule has 0 aliphatic carbocycles. The molecule has 0 unspecified atom stereocenters. The second-order valence-corrected chi connectivity index (χ2v) is 7.02. The Balaban J connectivity index is 2.24. The van der Waals surface area contributed by atoms with Gasteiger partial charge in [0.25, 0.3) is 10.2 Å². The molecule has 2 rings (SSSR count). The van der Waals surface area contributed by atoms with Gasteiger partial charge in [-0.15, -0.1) is 0 Å². The van der Waals surface area contributed by atoms with Crippen molar-refractivity contribution < 1.29 is 8.42 Å². The predicted molar refractivity (Wildman–Crippen MR) is 87.3 cm³/mol. The highest BCUT2D eigenvalue weighted by atomic mass is 32.2. The maximum atomic E-state index is 12.5. The van der Waals surface area contributed by atoms with Crippen molar-refractivity contribution in [2.45, 2.75) is 20.4 Å². The molecule has 1 heterocycles. The van der Waals surface area contributed by atoms with Gasteiger partial charge in [-0.3, -0.25) is 5.10 Å². The molecule has 0 radical (unpaired) electrons. The predicted octanol–water partition coefficient (Wildman–Crippen LogP) is 2.10. The summed E-state index contributed by atoms with van der Waals surface area (Å²) < 4.78 is 27.8. The van der Waals surface area contributed by atoms with Crippen LogP contribution in [0.4, 0.5) is 0 Å². The molecule has 0 saturated carbocycles. The van der Waals surface area contributed by atoms with Gasteiger partial charge in [0.1, 0.15) is 0 Å². The highest BCUT2D eigenvalue weighted by Gasteiger charge is 2.25. The van der Waals surface area contributed by atoms with E-state index in [4.69, 9.17) is 0 Å². The number of benzene rings is 1. The van der Waals surface area contributed by atoms with Gasteiger partial charge in [-0.1, -0.05) is 44.2 Å². The van der Waals surface area contributed by atoms with Crippen molar-refractivity contribution in [2.24, 2.45) is 0 Å². The molecule has 0 spiro atoms.